The van der Waals surface area contributed by atoms with Crippen LogP contribution in [0, 0.1) is 0 Å². The molecule has 0 atom stereocenters. The van der Waals surface area contributed by atoms with Crippen LogP contribution >= 0.6 is 0 Å². The summed E-state index contributed by atoms with van der Waals surface area (Å²) in [6, 6.07) is 59.8. The van der Waals surface area contributed by atoms with Crippen molar-refractivity contribution in [3.05, 3.63) is 181 Å². The standard InChI is InChI=1S/C45H34N2/c1-45(2)42-15-9-8-14-40(42)41-24-22-39(30-43(41)45)47(38-23-25-44-35(29-38)26-27-46(44)36-12-4-3-5-13-36)37-20-18-32(19-21-37)34-17-16-31-10-6-7-11-33(31)28-34/h3-30H,1-2H3. The van der Waals surface area contributed by atoms with Crippen LogP contribution in [0.25, 0.3) is 49.6 Å². The van der Waals surface area contributed by atoms with E-state index in [2.05, 4.69) is 193 Å². The van der Waals surface area contributed by atoms with Crippen LogP contribution in [0.3, 0.4) is 0 Å². The zero-order valence-corrected chi connectivity index (χ0v) is 26.6. The number of hydrogen-bond donors (Lipinski definition) is 0. The van der Waals surface area contributed by atoms with Gasteiger partial charge in [-0.25, -0.2) is 0 Å². The Morgan fingerprint density at radius 1 is 0.447 bits per heavy atom. The van der Waals surface area contributed by atoms with Crippen molar-refractivity contribution in [1.82, 2.24) is 4.57 Å². The zero-order chi connectivity index (χ0) is 31.5. The van der Waals surface area contributed by atoms with Crippen LogP contribution in [-0.4, -0.2) is 4.57 Å². The lowest BCUT2D eigenvalue weighted by Crippen LogP contribution is -2.16. The molecule has 224 valence electrons. The van der Waals surface area contributed by atoms with E-state index >= 15 is 0 Å². The largest absolute Gasteiger partial charge is 0.317 e. The Hall–Kier alpha value is -5.86. The molecule has 2 nitrogen and oxygen atoms in total. The molecule has 1 aromatic heterocycles. The quantitative estimate of drug-likeness (QED) is 0.190. The minimum absolute atomic E-state index is 0.0790. The Kier molecular flexibility index (Phi) is 6.20. The molecule has 0 saturated heterocycles. The molecular weight excluding hydrogens is 569 g/mol. The maximum atomic E-state index is 2.41. The van der Waals surface area contributed by atoms with E-state index in [-0.39, 0.29) is 5.41 Å². The molecule has 0 unspecified atom stereocenters. The highest BCUT2D eigenvalue weighted by molar-refractivity contribution is 5.91. The van der Waals surface area contributed by atoms with E-state index in [0.717, 1.165) is 22.7 Å². The summed E-state index contributed by atoms with van der Waals surface area (Å²) in [5.41, 5.74) is 13.6. The molecule has 47 heavy (non-hydrogen) atoms. The summed E-state index contributed by atoms with van der Waals surface area (Å²) < 4.78 is 2.26. The van der Waals surface area contributed by atoms with Crippen LogP contribution in [0.1, 0.15) is 25.0 Å². The first kappa shape index (κ1) is 27.5. The number of benzene rings is 7. The van der Waals surface area contributed by atoms with Crippen molar-refractivity contribution in [2.24, 2.45) is 0 Å². The lowest BCUT2D eigenvalue weighted by molar-refractivity contribution is 0.660. The fraction of sp³-hybridized carbons (Fsp3) is 0.0667. The third kappa shape index (κ3) is 4.48. The predicted molar refractivity (Wildman–Crippen MR) is 198 cm³/mol. The Morgan fingerprint density at radius 3 is 1.96 bits per heavy atom. The van der Waals surface area contributed by atoms with Gasteiger partial charge < -0.3 is 9.47 Å². The molecule has 7 aromatic carbocycles. The molecule has 0 aliphatic heterocycles. The van der Waals surface area contributed by atoms with Crippen molar-refractivity contribution in [2.75, 3.05) is 4.90 Å². The average Bonchev–Trinajstić information content (AvgIpc) is 3.65. The first-order chi connectivity index (χ1) is 23.0. The molecule has 8 aromatic rings. The Bertz CT molecular complexity index is 2430. The second kappa shape index (κ2) is 10.6. The molecule has 0 spiro atoms. The first-order valence-electron chi connectivity index (χ1n) is 16.3. The maximum Gasteiger partial charge on any atom is 0.0529 e. The number of aromatic nitrogens is 1. The van der Waals surface area contributed by atoms with Crippen molar-refractivity contribution in [1.29, 1.82) is 0 Å². The van der Waals surface area contributed by atoms with Gasteiger partial charge in [-0.1, -0.05) is 111 Å². The second-order valence-electron chi connectivity index (χ2n) is 13.1. The van der Waals surface area contributed by atoms with Gasteiger partial charge in [-0.05, 0) is 111 Å². The average molecular weight is 603 g/mol. The molecule has 0 N–H and O–H groups in total. The van der Waals surface area contributed by atoms with Gasteiger partial charge in [0.15, 0.2) is 0 Å². The van der Waals surface area contributed by atoms with Crippen molar-refractivity contribution in [3.8, 4) is 27.9 Å². The monoisotopic (exact) mass is 602 g/mol. The lowest BCUT2D eigenvalue weighted by atomic mass is 9.82. The normalized spacial score (nSPS) is 13.1. The highest BCUT2D eigenvalue weighted by atomic mass is 15.1. The molecule has 0 bridgehead atoms. The number of anilines is 3. The topological polar surface area (TPSA) is 8.17 Å². The molecule has 1 aliphatic carbocycles. The van der Waals surface area contributed by atoms with Gasteiger partial charge in [0.2, 0.25) is 0 Å². The number of para-hydroxylation sites is 1. The van der Waals surface area contributed by atoms with Crippen LogP contribution in [0.5, 0.6) is 0 Å². The molecular formula is C45H34N2. The van der Waals surface area contributed by atoms with Crippen molar-refractivity contribution < 1.29 is 0 Å². The van der Waals surface area contributed by atoms with E-state index in [1.807, 2.05) is 0 Å². The van der Waals surface area contributed by atoms with Crippen molar-refractivity contribution >= 4 is 38.7 Å². The summed E-state index contributed by atoms with van der Waals surface area (Å²) >= 11 is 0. The van der Waals surface area contributed by atoms with Crippen LogP contribution in [-0.2, 0) is 5.41 Å². The first-order valence-corrected chi connectivity index (χ1v) is 16.3. The molecule has 9 rings (SSSR count). The SMILES string of the molecule is CC1(C)c2ccccc2-c2ccc(N(c3ccc(-c4ccc5ccccc5c4)cc3)c3ccc4c(ccn4-c4ccccc4)c3)cc21. The molecule has 1 aliphatic rings. The Balaban J connectivity index is 1.17. The minimum Gasteiger partial charge on any atom is -0.317 e. The van der Waals surface area contributed by atoms with Crippen molar-refractivity contribution in [3.63, 3.8) is 0 Å². The van der Waals surface area contributed by atoms with E-state index in [9.17, 15) is 0 Å². The second-order valence-corrected chi connectivity index (χ2v) is 13.1. The molecule has 0 amide bonds. The van der Waals surface area contributed by atoms with Crippen LogP contribution in [0.2, 0.25) is 0 Å². The van der Waals surface area contributed by atoms with E-state index < -0.39 is 0 Å². The number of nitrogens with zero attached hydrogens (tertiary/aromatic N) is 2. The molecule has 2 heteroatoms. The van der Waals surface area contributed by atoms with Crippen LogP contribution in [0.15, 0.2) is 170 Å². The fourth-order valence-corrected chi connectivity index (χ4v) is 7.53. The van der Waals surface area contributed by atoms with Gasteiger partial charge in [-0.15, -0.1) is 0 Å². The number of rotatable bonds is 5. The smallest absolute Gasteiger partial charge is 0.0529 e. The third-order valence-electron chi connectivity index (χ3n) is 10.00. The summed E-state index contributed by atoms with van der Waals surface area (Å²) in [4.78, 5) is 2.41. The minimum atomic E-state index is -0.0790. The van der Waals surface area contributed by atoms with Crippen LogP contribution in [0.4, 0.5) is 17.1 Å². The summed E-state index contributed by atoms with van der Waals surface area (Å²) in [5, 5.41) is 3.73. The van der Waals surface area contributed by atoms with Gasteiger partial charge in [-0.2, -0.15) is 0 Å². The lowest BCUT2D eigenvalue weighted by Gasteiger charge is -2.28. The molecule has 0 fully saturated rings. The van der Waals surface area contributed by atoms with E-state index in [0.29, 0.717) is 0 Å². The highest BCUT2D eigenvalue weighted by Crippen LogP contribution is 2.50. The van der Waals surface area contributed by atoms with Gasteiger partial charge in [0.25, 0.3) is 0 Å². The van der Waals surface area contributed by atoms with Gasteiger partial charge in [0.05, 0.1) is 5.52 Å². The van der Waals surface area contributed by atoms with Gasteiger partial charge in [-0.3, -0.25) is 0 Å². The summed E-state index contributed by atoms with van der Waals surface area (Å²) in [6.45, 7) is 4.70. The summed E-state index contributed by atoms with van der Waals surface area (Å²) in [5.74, 6) is 0. The van der Waals surface area contributed by atoms with E-state index in [4.69, 9.17) is 0 Å². The number of hydrogen-bond acceptors (Lipinski definition) is 1. The van der Waals surface area contributed by atoms with Crippen molar-refractivity contribution in [2.45, 2.75) is 19.3 Å². The maximum absolute atomic E-state index is 2.41. The molecule has 1 heterocycles. The fourth-order valence-electron chi connectivity index (χ4n) is 7.53. The van der Waals surface area contributed by atoms with E-state index in [1.54, 1.807) is 0 Å². The summed E-state index contributed by atoms with van der Waals surface area (Å²) in [7, 11) is 0. The predicted octanol–water partition coefficient (Wildman–Crippen LogP) is 12.2. The number of fused-ring (bicyclic) bond motifs is 5. The van der Waals surface area contributed by atoms with E-state index in [1.165, 1.54) is 55.1 Å². The van der Waals surface area contributed by atoms with Crippen LogP contribution < -0.4 is 4.90 Å². The third-order valence-corrected chi connectivity index (χ3v) is 10.00. The van der Waals surface area contributed by atoms with Gasteiger partial charge in [0, 0.05) is 39.7 Å². The van der Waals surface area contributed by atoms with Gasteiger partial charge >= 0.3 is 0 Å². The Labute approximate surface area is 275 Å². The zero-order valence-electron chi connectivity index (χ0n) is 26.6. The molecule has 0 saturated carbocycles. The summed E-state index contributed by atoms with van der Waals surface area (Å²) in [6.07, 6.45) is 2.17. The highest BCUT2D eigenvalue weighted by Gasteiger charge is 2.35. The van der Waals surface area contributed by atoms with Gasteiger partial charge in [0.1, 0.15) is 0 Å². The Morgan fingerprint density at radius 2 is 1.11 bits per heavy atom. The molecule has 0 radical (unpaired) electrons.